The monoisotopic (exact) mass is 449 g/mol. The minimum absolute atomic E-state index is 0.0643. The molecule has 1 fully saturated rings. The van der Waals surface area contributed by atoms with Crippen LogP contribution in [-0.2, 0) is 4.79 Å². The Morgan fingerprint density at radius 3 is 2.75 bits per heavy atom. The Bertz CT molecular complexity index is 1190. The third-order valence-electron chi connectivity index (χ3n) is 6.14. The summed E-state index contributed by atoms with van der Waals surface area (Å²) in [6, 6.07) is 14.3. The SMILES string of the molecule is COc1ccccc1N=c1scc(-c2ccc3c(c2)NC(=O)CO3)n1C1CCCCCC1. The van der Waals surface area contributed by atoms with Gasteiger partial charge in [0.25, 0.3) is 5.91 Å². The molecule has 1 N–H and O–H groups in total. The van der Waals surface area contributed by atoms with Crippen molar-refractivity contribution in [3.05, 3.63) is 52.6 Å². The van der Waals surface area contributed by atoms with Crippen LogP contribution in [0.15, 0.2) is 52.8 Å². The fraction of sp³-hybridized carbons (Fsp3) is 0.360. The standard InChI is InChI=1S/C25H27N3O3S/c1-30-22-11-7-6-10-19(22)27-25-28(18-8-4-2-3-5-9-18)21(16-32-25)17-12-13-23-20(14-17)26-24(29)15-31-23/h6-7,10-14,16,18H,2-5,8-9,15H2,1H3,(H,26,29). The topological polar surface area (TPSA) is 64.8 Å². The lowest BCUT2D eigenvalue weighted by Gasteiger charge is -2.22. The lowest BCUT2D eigenvalue weighted by molar-refractivity contribution is -0.118. The van der Waals surface area contributed by atoms with E-state index in [2.05, 4.69) is 21.3 Å². The summed E-state index contributed by atoms with van der Waals surface area (Å²) in [4.78, 5) is 17.8. The summed E-state index contributed by atoms with van der Waals surface area (Å²) < 4.78 is 13.5. The first-order chi connectivity index (χ1) is 15.7. The largest absolute Gasteiger partial charge is 0.494 e. The molecule has 2 aliphatic rings. The van der Waals surface area contributed by atoms with E-state index in [4.69, 9.17) is 14.5 Å². The highest BCUT2D eigenvalue weighted by Crippen LogP contribution is 2.36. The number of fused-ring (bicyclic) bond motifs is 1. The molecule has 1 aliphatic carbocycles. The van der Waals surface area contributed by atoms with Gasteiger partial charge >= 0.3 is 0 Å². The van der Waals surface area contributed by atoms with Crippen LogP contribution < -0.4 is 19.6 Å². The number of amides is 1. The van der Waals surface area contributed by atoms with E-state index in [0.29, 0.717) is 11.8 Å². The van der Waals surface area contributed by atoms with Crippen molar-refractivity contribution in [1.82, 2.24) is 4.57 Å². The quantitative estimate of drug-likeness (QED) is 0.521. The molecule has 0 bridgehead atoms. The molecule has 0 unspecified atom stereocenters. The smallest absolute Gasteiger partial charge is 0.262 e. The highest BCUT2D eigenvalue weighted by molar-refractivity contribution is 7.07. The number of thiazole rings is 1. The predicted octanol–water partition coefficient (Wildman–Crippen LogP) is 5.68. The Kier molecular flexibility index (Phi) is 5.99. The summed E-state index contributed by atoms with van der Waals surface area (Å²) in [6.07, 6.45) is 7.33. The van der Waals surface area contributed by atoms with E-state index in [1.54, 1.807) is 18.4 Å². The van der Waals surface area contributed by atoms with Gasteiger partial charge in [-0.3, -0.25) is 4.79 Å². The maximum Gasteiger partial charge on any atom is 0.262 e. The molecule has 2 aromatic carbocycles. The Labute approximate surface area is 191 Å². The zero-order valence-corrected chi connectivity index (χ0v) is 19.0. The summed E-state index contributed by atoms with van der Waals surface area (Å²) in [7, 11) is 1.68. The van der Waals surface area contributed by atoms with Gasteiger partial charge in [-0.2, -0.15) is 0 Å². The van der Waals surface area contributed by atoms with Gasteiger partial charge in [0.1, 0.15) is 17.2 Å². The molecule has 0 saturated heterocycles. The molecule has 7 heteroatoms. The molecule has 3 aromatic rings. The number of hydrogen-bond donors (Lipinski definition) is 1. The van der Waals surface area contributed by atoms with Crippen molar-refractivity contribution in [1.29, 1.82) is 0 Å². The number of nitrogens with one attached hydrogen (secondary N) is 1. The Morgan fingerprint density at radius 1 is 1.12 bits per heavy atom. The van der Waals surface area contributed by atoms with Gasteiger partial charge in [0.2, 0.25) is 0 Å². The number of para-hydroxylation sites is 2. The molecular weight excluding hydrogens is 422 g/mol. The average Bonchev–Trinajstić information content (AvgIpc) is 3.04. The van der Waals surface area contributed by atoms with Gasteiger partial charge in [-0.05, 0) is 43.2 Å². The fourth-order valence-electron chi connectivity index (χ4n) is 4.55. The molecule has 2 heterocycles. The number of hydrogen-bond acceptors (Lipinski definition) is 5. The molecule has 1 aliphatic heterocycles. The second-order valence-corrected chi connectivity index (χ2v) is 9.09. The highest BCUT2D eigenvalue weighted by Gasteiger charge is 2.22. The van der Waals surface area contributed by atoms with Gasteiger partial charge < -0.3 is 19.4 Å². The molecule has 1 amide bonds. The lowest BCUT2D eigenvalue weighted by atomic mass is 10.1. The van der Waals surface area contributed by atoms with Crippen molar-refractivity contribution in [3.63, 3.8) is 0 Å². The number of rotatable bonds is 4. The van der Waals surface area contributed by atoms with Gasteiger partial charge in [-0.25, -0.2) is 4.99 Å². The third-order valence-corrected chi connectivity index (χ3v) is 6.98. The van der Waals surface area contributed by atoms with Gasteiger partial charge in [0, 0.05) is 17.0 Å². The number of benzene rings is 2. The summed E-state index contributed by atoms with van der Waals surface area (Å²) in [5.41, 5.74) is 3.73. The van der Waals surface area contributed by atoms with Gasteiger partial charge in [-0.15, -0.1) is 11.3 Å². The molecular formula is C25H27N3O3S. The Hall–Kier alpha value is -3.06. The first-order valence-electron chi connectivity index (χ1n) is 11.2. The van der Waals surface area contributed by atoms with Crippen LogP contribution in [0.3, 0.4) is 0 Å². The van der Waals surface area contributed by atoms with Crippen molar-refractivity contribution in [2.75, 3.05) is 19.0 Å². The maximum atomic E-state index is 11.8. The highest BCUT2D eigenvalue weighted by atomic mass is 32.1. The predicted molar refractivity (Wildman–Crippen MR) is 127 cm³/mol. The van der Waals surface area contributed by atoms with Crippen LogP contribution in [0.25, 0.3) is 11.3 Å². The van der Waals surface area contributed by atoms with Gasteiger partial charge in [0.15, 0.2) is 11.4 Å². The van der Waals surface area contributed by atoms with Crippen LogP contribution in [0.2, 0.25) is 0 Å². The minimum Gasteiger partial charge on any atom is -0.494 e. The Morgan fingerprint density at radius 2 is 1.94 bits per heavy atom. The summed E-state index contributed by atoms with van der Waals surface area (Å²) in [5, 5.41) is 5.10. The zero-order valence-electron chi connectivity index (χ0n) is 18.2. The molecule has 0 radical (unpaired) electrons. The van der Waals surface area contributed by atoms with E-state index in [0.717, 1.165) is 46.0 Å². The van der Waals surface area contributed by atoms with E-state index >= 15 is 0 Å². The van der Waals surface area contributed by atoms with Crippen molar-refractivity contribution < 1.29 is 14.3 Å². The second-order valence-electron chi connectivity index (χ2n) is 8.25. The molecule has 0 spiro atoms. The molecule has 5 rings (SSSR count). The third kappa shape index (κ3) is 4.17. The maximum absolute atomic E-state index is 11.8. The molecule has 1 aromatic heterocycles. The molecule has 32 heavy (non-hydrogen) atoms. The van der Waals surface area contributed by atoms with Crippen LogP contribution in [-0.4, -0.2) is 24.2 Å². The van der Waals surface area contributed by atoms with Gasteiger partial charge in [0.05, 0.1) is 18.5 Å². The van der Waals surface area contributed by atoms with Gasteiger partial charge in [-0.1, -0.05) is 37.8 Å². The second kappa shape index (κ2) is 9.20. The molecule has 6 nitrogen and oxygen atoms in total. The van der Waals surface area contributed by atoms with Crippen LogP contribution in [0.5, 0.6) is 11.5 Å². The fourth-order valence-corrected chi connectivity index (χ4v) is 5.53. The molecule has 1 saturated carbocycles. The number of anilines is 1. The Balaban J connectivity index is 1.64. The normalized spacial score (nSPS) is 17.3. The van der Waals surface area contributed by atoms with E-state index in [-0.39, 0.29) is 12.5 Å². The molecule has 166 valence electrons. The number of aromatic nitrogens is 1. The van der Waals surface area contributed by atoms with E-state index < -0.39 is 0 Å². The van der Waals surface area contributed by atoms with Crippen molar-refractivity contribution in [2.24, 2.45) is 4.99 Å². The zero-order chi connectivity index (χ0) is 21.9. The van der Waals surface area contributed by atoms with Crippen molar-refractivity contribution in [3.8, 4) is 22.8 Å². The average molecular weight is 450 g/mol. The van der Waals surface area contributed by atoms with E-state index in [1.165, 1.54) is 25.7 Å². The summed E-state index contributed by atoms with van der Waals surface area (Å²) >= 11 is 1.65. The van der Waals surface area contributed by atoms with E-state index in [1.807, 2.05) is 36.4 Å². The van der Waals surface area contributed by atoms with Crippen LogP contribution >= 0.6 is 11.3 Å². The minimum atomic E-state index is -0.122. The summed E-state index contributed by atoms with van der Waals surface area (Å²) in [6.45, 7) is 0.0643. The number of carbonyl (C=O) groups is 1. The van der Waals surface area contributed by atoms with Crippen LogP contribution in [0.1, 0.15) is 44.6 Å². The molecule has 0 atom stereocenters. The number of carbonyl (C=O) groups excluding carboxylic acids is 1. The first kappa shape index (κ1) is 20.8. The van der Waals surface area contributed by atoms with Crippen molar-refractivity contribution in [2.45, 2.75) is 44.6 Å². The number of ether oxygens (including phenoxy) is 2. The first-order valence-corrected chi connectivity index (χ1v) is 12.1. The lowest BCUT2D eigenvalue weighted by Crippen LogP contribution is -2.25. The van der Waals surface area contributed by atoms with Crippen molar-refractivity contribution >= 4 is 28.6 Å². The number of methoxy groups -OCH3 is 1. The number of nitrogens with zero attached hydrogens (tertiary/aromatic N) is 2. The van der Waals surface area contributed by atoms with Crippen LogP contribution in [0.4, 0.5) is 11.4 Å². The summed E-state index contributed by atoms with van der Waals surface area (Å²) in [5.74, 6) is 1.36. The van der Waals surface area contributed by atoms with Crippen LogP contribution in [0, 0.1) is 0 Å². The van der Waals surface area contributed by atoms with E-state index in [9.17, 15) is 4.79 Å².